The van der Waals surface area contributed by atoms with Gasteiger partial charge in [-0.1, -0.05) is 12.2 Å². The maximum atomic E-state index is 11.1. The Hall–Kier alpha value is -0.860. The highest BCUT2D eigenvalue weighted by Crippen LogP contribution is 1.92. The number of hydrogen-bond donors (Lipinski definition) is 3. The van der Waals surface area contributed by atoms with Crippen LogP contribution in [0.4, 0.5) is 0 Å². The van der Waals surface area contributed by atoms with Crippen LogP contribution in [0.25, 0.3) is 0 Å². The molecule has 8 heteroatoms. The summed E-state index contributed by atoms with van der Waals surface area (Å²) in [5.41, 5.74) is 0. The fourth-order valence-corrected chi connectivity index (χ4v) is 1.25. The molecule has 0 heterocycles. The Balaban J connectivity index is 3.92. The first-order valence-electron chi connectivity index (χ1n) is 4.28. The van der Waals surface area contributed by atoms with Crippen molar-refractivity contribution in [2.75, 3.05) is 26.1 Å². The molecule has 0 fully saturated rings. The normalized spacial score (nSPS) is 11.6. The molecule has 16 heavy (non-hydrogen) atoms. The predicted octanol–water partition coefficient (Wildman–Crippen LogP) is -0.524. The molecular weight excluding hydrogens is 254 g/mol. The van der Waals surface area contributed by atoms with Crippen molar-refractivity contribution in [3.8, 4) is 0 Å². The molecule has 0 aromatic heterocycles. The lowest BCUT2D eigenvalue weighted by Crippen LogP contribution is -2.43. The fraction of sp³-hybridized carbons (Fsp3) is 0.625. The van der Waals surface area contributed by atoms with Gasteiger partial charge in [-0.25, -0.2) is 9.59 Å². The van der Waals surface area contributed by atoms with E-state index in [2.05, 4.69) is 22.7 Å². The van der Waals surface area contributed by atoms with Gasteiger partial charge in [0.2, 0.25) is 0 Å². The zero-order chi connectivity index (χ0) is 12.6. The molecule has 1 unspecified atom stereocenters. The van der Waals surface area contributed by atoms with Crippen LogP contribution in [0.15, 0.2) is 0 Å². The van der Waals surface area contributed by atoms with E-state index < -0.39 is 24.6 Å². The summed E-state index contributed by atoms with van der Waals surface area (Å²) in [5.74, 6) is -1.36. The van der Waals surface area contributed by atoms with E-state index in [0.29, 0.717) is 0 Å². The van der Waals surface area contributed by atoms with Crippen molar-refractivity contribution >= 4 is 41.8 Å². The van der Waals surface area contributed by atoms with Gasteiger partial charge < -0.3 is 19.9 Å². The summed E-state index contributed by atoms with van der Waals surface area (Å²) in [7, 11) is 1.25. The summed E-state index contributed by atoms with van der Waals surface area (Å²) in [6.45, 7) is -0.505. The minimum atomic E-state index is -1.08. The van der Waals surface area contributed by atoms with Crippen molar-refractivity contribution in [2.24, 2.45) is 0 Å². The van der Waals surface area contributed by atoms with Crippen LogP contribution >= 0.6 is 24.8 Å². The monoisotopic (exact) mass is 267 g/mol. The van der Waals surface area contributed by atoms with E-state index in [1.54, 1.807) is 0 Å². The molecule has 0 saturated heterocycles. The van der Waals surface area contributed by atoms with Gasteiger partial charge in [0.15, 0.2) is 0 Å². The minimum absolute atomic E-state index is 0.0666. The lowest BCUT2D eigenvalue weighted by atomic mass is 10.3. The number of carboxylic acid groups (broad SMARTS) is 1. The maximum Gasteiger partial charge on any atom is 0.329 e. The average Bonchev–Trinajstić information content (AvgIpc) is 2.24. The number of thiol groups is 1. The molecule has 0 amide bonds. The third-order valence-corrected chi connectivity index (χ3v) is 2.06. The number of thiocarbonyl (C=S) groups is 1. The van der Waals surface area contributed by atoms with Crippen LogP contribution in [0.1, 0.15) is 0 Å². The Morgan fingerprint density at radius 2 is 2.12 bits per heavy atom. The van der Waals surface area contributed by atoms with E-state index in [9.17, 15) is 9.59 Å². The standard InChI is InChI=1S/C8H13NO5S2/c1-13-8(12)5(4-15)9-6(16)2-14-3-7(10)11/h5,15H,2-4H2,1H3,(H,9,16)(H,10,11). The van der Waals surface area contributed by atoms with Gasteiger partial charge >= 0.3 is 11.9 Å². The third kappa shape index (κ3) is 6.59. The molecule has 1 atom stereocenters. The van der Waals surface area contributed by atoms with E-state index in [4.69, 9.17) is 22.1 Å². The van der Waals surface area contributed by atoms with Crippen molar-refractivity contribution in [2.45, 2.75) is 6.04 Å². The molecule has 92 valence electrons. The summed E-state index contributed by atoms with van der Waals surface area (Å²) in [5, 5.41) is 11.0. The minimum Gasteiger partial charge on any atom is -0.480 e. The smallest absolute Gasteiger partial charge is 0.329 e. The number of methoxy groups -OCH3 is 1. The molecule has 0 saturated carbocycles. The lowest BCUT2D eigenvalue weighted by molar-refractivity contribution is -0.143. The van der Waals surface area contributed by atoms with Crippen LogP contribution in [0.3, 0.4) is 0 Å². The van der Waals surface area contributed by atoms with E-state index in [0.717, 1.165) is 0 Å². The van der Waals surface area contributed by atoms with Crippen molar-refractivity contribution in [1.82, 2.24) is 5.32 Å². The largest absolute Gasteiger partial charge is 0.480 e. The Kier molecular flexibility index (Phi) is 7.86. The molecule has 2 N–H and O–H groups in total. The summed E-state index contributed by atoms with van der Waals surface area (Å²) >= 11 is 8.79. The molecule has 0 aromatic carbocycles. The Morgan fingerprint density at radius 3 is 2.56 bits per heavy atom. The van der Waals surface area contributed by atoms with Gasteiger partial charge in [0, 0.05) is 5.75 Å². The fourth-order valence-electron chi connectivity index (χ4n) is 0.788. The number of carbonyl (C=O) groups is 2. The highest BCUT2D eigenvalue weighted by molar-refractivity contribution is 7.80. The first-order valence-corrected chi connectivity index (χ1v) is 5.33. The highest BCUT2D eigenvalue weighted by atomic mass is 32.1. The van der Waals surface area contributed by atoms with Gasteiger partial charge in [-0.2, -0.15) is 12.6 Å². The quantitative estimate of drug-likeness (QED) is 0.325. The zero-order valence-corrected chi connectivity index (χ0v) is 10.3. The number of hydrogen-bond acceptors (Lipinski definition) is 6. The summed E-state index contributed by atoms with van der Waals surface area (Å²) in [6.07, 6.45) is 0. The number of aliphatic carboxylic acids is 1. The summed E-state index contributed by atoms with van der Waals surface area (Å²) < 4.78 is 9.24. The molecule has 0 bridgehead atoms. The number of carboxylic acids is 1. The molecule has 0 radical (unpaired) electrons. The highest BCUT2D eigenvalue weighted by Gasteiger charge is 2.17. The molecule has 0 aliphatic rings. The van der Waals surface area contributed by atoms with E-state index in [-0.39, 0.29) is 17.3 Å². The molecule has 0 aromatic rings. The van der Waals surface area contributed by atoms with Crippen LogP contribution in [-0.2, 0) is 19.1 Å². The first kappa shape index (κ1) is 15.1. The predicted molar refractivity (Wildman–Crippen MR) is 63.8 cm³/mol. The zero-order valence-electron chi connectivity index (χ0n) is 8.63. The molecule has 0 spiro atoms. The van der Waals surface area contributed by atoms with Crippen LogP contribution in [0.5, 0.6) is 0 Å². The second kappa shape index (κ2) is 8.31. The number of esters is 1. The Morgan fingerprint density at radius 1 is 1.50 bits per heavy atom. The molecule has 6 nitrogen and oxygen atoms in total. The van der Waals surface area contributed by atoms with Crippen LogP contribution in [0.2, 0.25) is 0 Å². The van der Waals surface area contributed by atoms with E-state index in [1.165, 1.54) is 7.11 Å². The van der Waals surface area contributed by atoms with E-state index in [1.807, 2.05) is 0 Å². The van der Waals surface area contributed by atoms with Crippen LogP contribution < -0.4 is 5.32 Å². The average molecular weight is 267 g/mol. The second-order valence-electron chi connectivity index (χ2n) is 2.71. The number of rotatable bonds is 7. The number of ether oxygens (including phenoxy) is 2. The molecule has 0 rings (SSSR count). The van der Waals surface area contributed by atoms with Crippen molar-refractivity contribution in [3.63, 3.8) is 0 Å². The topological polar surface area (TPSA) is 84.9 Å². The van der Waals surface area contributed by atoms with Gasteiger partial charge in [-0.3, -0.25) is 0 Å². The number of carbonyl (C=O) groups excluding carboxylic acids is 1. The van der Waals surface area contributed by atoms with Gasteiger partial charge in [0.05, 0.1) is 13.7 Å². The number of nitrogens with one attached hydrogen (secondary N) is 1. The lowest BCUT2D eigenvalue weighted by Gasteiger charge is -2.15. The summed E-state index contributed by atoms with van der Waals surface area (Å²) in [6, 6.07) is -0.658. The van der Waals surface area contributed by atoms with E-state index >= 15 is 0 Å². The van der Waals surface area contributed by atoms with Gasteiger partial charge in [0.25, 0.3) is 0 Å². The Labute approximate surface area is 104 Å². The van der Waals surface area contributed by atoms with Gasteiger partial charge in [-0.05, 0) is 0 Å². The second-order valence-corrected chi connectivity index (χ2v) is 3.57. The molecule has 0 aliphatic heterocycles. The maximum absolute atomic E-state index is 11.1. The van der Waals surface area contributed by atoms with Gasteiger partial charge in [0.1, 0.15) is 17.6 Å². The third-order valence-electron chi connectivity index (χ3n) is 1.46. The van der Waals surface area contributed by atoms with Crippen LogP contribution in [0, 0.1) is 0 Å². The molecular formula is C8H13NO5S2. The van der Waals surface area contributed by atoms with Crippen molar-refractivity contribution in [1.29, 1.82) is 0 Å². The molecule has 0 aliphatic carbocycles. The summed E-state index contributed by atoms with van der Waals surface area (Å²) in [4.78, 5) is 21.5. The Bertz CT molecular complexity index is 271. The van der Waals surface area contributed by atoms with Gasteiger partial charge in [-0.15, -0.1) is 0 Å². The first-order chi connectivity index (χ1) is 7.51. The van der Waals surface area contributed by atoms with Crippen LogP contribution in [-0.4, -0.2) is 54.2 Å². The van der Waals surface area contributed by atoms with Crippen molar-refractivity contribution in [3.05, 3.63) is 0 Å². The van der Waals surface area contributed by atoms with Crippen molar-refractivity contribution < 1.29 is 24.2 Å². The SMILES string of the molecule is COC(=O)C(CS)NC(=S)COCC(=O)O.